The van der Waals surface area contributed by atoms with E-state index in [0.717, 1.165) is 30.7 Å². The van der Waals surface area contributed by atoms with Crippen LogP contribution < -0.4 is 17.0 Å². The molecule has 2 fully saturated rings. The van der Waals surface area contributed by atoms with Gasteiger partial charge < -0.3 is 31.1 Å². The van der Waals surface area contributed by atoms with Gasteiger partial charge in [-0.2, -0.15) is 0 Å². The minimum absolute atomic E-state index is 0. The molecule has 0 aliphatic heterocycles. The Labute approximate surface area is 172 Å². The number of hydrogen-bond acceptors (Lipinski definition) is 2. The van der Waals surface area contributed by atoms with Crippen molar-refractivity contribution < 1.29 is 31.0 Å². The fourth-order valence-corrected chi connectivity index (χ4v) is 4.86. The molecule has 0 N–H and O–H groups in total. The van der Waals surface area contributed by atoms with Crippen LogP contribution >= 0.6 is 0 Å². The van der Waals surface area contributed by atoms with Crippen molar-refractivity contribution >= 4 is 6.09 Å². The maximum atomic E-state index is 13.0. The van der Waals surface area contributed by atoms with E-state index in [-0.39, 0.29) is 23.1 Å². The molecule has 2 aliphatic rings. The average molecular weight is 433 g/mol. The lowest BCUT2D eigenvalue weighted by molar-refractivity contribution is -0.923. The Morgan fingerprint density at radius 3 is 1.65 bits per heavy atom. The van der Waals surface area contributed by atoms with Crippen molar-refractivity contribution in [3.8, 4) is 0 Å². The van der Waals surface area contributed by atoms with Crippen molar-refractivity contribution in [1.82, 2.24) is 4.90 Å². The monoisotopic (exact) mass is 432 g/mol. The highest BCUT2D eigenvalue weighted by molar-refractivity contribution is 5.68. The lowest BCUT2D eigenvalue weighted by Gasteiger charge is -2.41. The molecule has 2 rings (SSSR count). The van der Waals surface area contributed by atoms with Gasteiger partial charge in [-0.15, -0.1) is 0 Å². The van der Waals surface area contributed by atoms with E-state index in [1.807, 2.05) is 0 Å². The van der Waals surface area contributed by atoms with E-state index in [1.54, 1.807) is 0 Å². The van der Waals surface area contributed by atoms with Crippen LogP contribution in [0.2, 0.25) is 0 Å². The molecule has 0 aromatic rings. The van der Waals surface area contributed by atoms with Gasteiger partial charge in [-0.05, 0) is 46.5 Å². The largest absolute Gasteiger partial charge is 1.00 e. The third-order valence-corrected chi connectivity index (χ3v) is 6.95. The molecule has 154 valence electrons. The van der Waals surface area contributed by atoms with Crippen LogP contribution in [-0.2, 0) is 4.74 Å². The van der Waals surface area contributed by atoms with Gasteiger partial charge >= 0.3 is 6.09 Å². The number of carbonyl (C=O) groups excluding carboxylic acids is 1. The highest BCUT2D eigenvalue weighted by Gasteiger charge is 2.34. The molecule has 1 amide bonds. The van der Waals surface area contributed by atoms with Crippen molar-refractivity contribution in [2.24, 2.45) is 0 Å². The first-order valence-corrected chi connectivity index (χ1v) is 11.0. The summed E-state index contributed by atoms with van der Waals surface area (Å²) in [7, 11) is 0. The SMILES string of the molecule is CC[N+](CC)(CC)CCOC(=O)N(C1CCCCC1)C1CCCCC1.[Br-]. The van der Waals surface area contributed by atoms with Crippen LogP contribution in [0.1, 0.15) is 85.0 Å². The summed E-state index contributed by atoms with van der Waals surface area (Å²) in [6.07, 6.45) is 12.4. The van der Waals surface area contributed by atoms with E-state index in [9.17, 15) is 4.79 Å². The van der Waals surface area contributed by atoms with Crippen LogP contribution in [0.4, 0.5) is 4.79 Å². The van der Waals surface area contributed by atoms with Gasteiger partial charge in [-0.1, -0.05) is 38.5 Å². The Bertz CT molecular complexity index is 363. The van der Waals surface area contributed by atoms with Gasteiger partial charge in [0, 0.05) is 12.1 Å². The zero-order chi connectivity index (χ0) is 18.1. The second-order valence-electron chi connectivity index (χ2n) is 8.12. The molecule has 0 bridgehead atoms. The lowest BCUT2D eigenvalue weighted by atomic mass is 9.89. The van der Waals surface area contributed by atoms with Gasteiger partial charge in [0.2, 0.25) is 0 Å². The summed E-state index contributed by atoms with van der Waals surface area (Å²) in [4.78, 5) is 15.2. The number of hydrogen-bond donors (Lipinski definition) is 0. The number of quaternary nitrogens is 1. The van der Waals surface area contributed by atoms with E-state index in [4.69, 9.17) is 4.74 Å². The van der Waals surface area contributed by atoms with Crippen molar-refractivity contribution in [1.29, 1.82) is 0 Å². The predicted octanol–water partition coefficient (Wildman–Crippen LogP) is 1.97. The molecule has 2 aliphatic carbocycles. The summed E-state index contributed by atoms with van der Waals surface area (Å²) in [5.41, 5.74) is 0. The molecular formula is C21H41BrN2O2. The summed E-state index contributed by atoms with van der Waals surface area (Å²) >= 11 is 0. The molecule has 4 nitrogen and oxygen atoms in total. The second kappa shape index (κ2) is 12.2. The highest BCUT2D eigenvalue weighted by atomic mass is 79.9. The molecule has 2 saturated carbocycles. The van der Waals surface area contributed by atoms with E-state index in [0.29, 0.717) is 18.7 Å². The quantitative estimate of drug-likeness (QED) is 0.548. The molecule has 0 atom stereocenters. The summed E-state index contributed by atoms with van der Waals surface area (Å²) in [6.45, 7) is 11.6. The average Bonchev–Trinajstić information content (AvgIpc) is 2.68. The normalized spacial score (nSPS) is 19.7. The smallest absolute Gasteiger partial charge is 0.410 e. The number of rotatable bonds is 8. The Morgan fingerprint density at radius 1 is 0.846 bits per heavy atom. The molecule has 0 aromatic carbocycles. The van der Waals surface area contributed by atoms with Crippen LogP contribution in [0.5, 0.6) is 0 Å². The van der Waals surface area contributed by atoms with Gasteiger partial charge in [0.25, 0.3) is 0 Å². The predicted molar refractivity (Wildman–Crippen MR) is 104 cm³/mol. The number of ether oxygens (including phenoxy) is 1. The van der Waals surface area contributed by atoms with Crippen LogP contribution in [-0.4, -0.2) is 60.3 Å². The molecule has 0 aromatic heterocycles. The number of likely N-dealkylation sites (N-methyl/N-ethyl adjacent to an activating group) is 1. The summed E-state index contributed by atoms with van der Waals surface area (Å²) < 4.78 is 6.88. The topological polar surface area (TPSA) is 29.5 Å². The van der Waals surface area contributed by atoms with Gasteiger partial charge in [0.15, 0.2) is 0 Å². The number of halogens is 1. The standard InChI is InChI=1S/C21H41N2O2.BrH/c1-4-23(5-2,6-3)17-18-25-21(24)22(19-13-9-7-10-14-19)20-15-11-8-12-16-20;/h19-20H,4-18H2,1-3H3;1H/q+1;/p-1. The molecule has 0 spiro atoms. The van der Waals surface area contributed by atoms with E-state index < -0.39 is 0 Å². The van der Waals surface area contributed by atoms with Crippen molar-refractivity contribution in [3.05, 3.63) is 0 Å². The van der Waals surface area contributed by atoms with E-state index >= 15 is 0 Å². The minimum Gasteiger partial charge on any atom is -1.00 e. The van der Waals surface area contributed by atoms with Gasteiger partial charge in [0.05, 0.1) is 19.6 Å². The number of carbonyl (C=O) groups is 1. The first-order valence-electron chi connectivity index (χ1n) is 11.0. The molecule has 0 unspecified atom stereocenters. The summed E-state index contributed by atoms with van der Waals surface area (Å²) in [6, 6.07) is 0.847. The number of nitrogens with zero attached hydrogens (tertiary/aromatic N) is 2. The van der Waals surface area contributed by atoms with E-state index in [2.05, 4.69) is 25.7 Å². The first-order chi connectivity index (χ1) is 12.2. The zero-order valence-electron chi connectivity index (χ0n) is 17.4. The van der Waals surface area contributed by atoms with Crippen molar-refractivity contribution in [3.63, 3.8) is 0 Å². The van der Waals surface area contributed by atoms with Crippen molar-refractivity contribution in [2.45, 2.75) is 97.1 Å². The number of amides is 1. The van der Waals surface area contributed by atoms with Crippen LogP contribution in [0.3, 0.4) is 0 Å². The lowest BCUT2D eigenvalue weighted by Crippen LogP contribution is -3.00. The second-order valence-corrected chi connectivity index (χ2v) is 8.12. The molecule has 0 radical (unpaired) electrons. The fraction of sp³-hybridized carbons (Fsp3) is 0.952. The molecule has 0 heterocycles. The molecular weight excluding hydrogens is 392 g/mol. The summed E-state index contributed by atoms with van der Waals surface area (Å²) in [5.74, 6) is 0. The van der Waals surface area contributed by atoms with Crippen molar-refractivity contribution in [2.75, 3.05) is 32.8 Å². The summed E-state index contributed by atoms with van der Waals surface area (Å²) in [5, 5.41) is 0. The Morgan fingerprint density at radius 2 is 1.27 bits per heavy atom. The maximum absolute atomic E-state index is 13.0. The third-order valence-electron chi connectivity index (χ3n) is 6.95. The minimum atomic E-state index is -0.0276. The zero-order valence-corrected chi connectivity index (χ0v) is 18.9. The van der Waals surface area contributed by atoms with Crippen LogP contribution in [0.15, 0.2) is 0 Å². The van der Waals surface area contributed by atoms with Crippen LogP contribution in [0.25, 0.3) is 0 Å². The fourth-order valence-electron chi connectivity index (χ4n) is 4.86. The third kappa shape index (κ3) is 6.40. The molecule has 5 heteroatoms. The Kier molecular flexibility index (Phi) is 11.2. The van der Waals surface area contributed by atoms with Crippen LogP contribution in [0, 0.1) is 0 Å². The van der Waals surface area contributed by atoms with E-state index in [1.165, 1.54) is 64.2 Å². The molecule has 26 heavy (non-hydrogen) atoms. The highest BCUT2D eigenvalue weighted by Crippen LogP contribution is 2.30. The Balaban J connectivity index is 0.00000338. The van der Waals surface area contributed by atoms with Gasteiger partial charge in [0.1, 0.15) is 13.2 Å². The van der Waals surface area contributed by atoms with Gasteiger partial charge in [-0.3, -0.25) is 0 Å². The maximum Gasteiger partial charge on any atom is 0.410 e. The van der Waals surface area contributed by atoms with Gasteiger partial charge in [-0.25, -0.2) is 4.79 Å². The molecule has 0 saturated heterocycles. The Hall–Kier alpha value is -0.290. The first kappa shape index (κ1) is 23.7.